The highest BCUT2D eigenvalue weighted by molar-refractivity contribution is 5.81. The second-order valence-electron chi connectivity index (χ2n) is 4.62. The molecule has 0 aromatic carbocycles. The van der Waals surface area contributed by atoms with Crippen molar-refractivity contribution in [1.82, 2.24) is 10.6 Å². The number of amides is 1. The molecule has 2 unspecified atom stereocenters. The zero-order valence-electron chi connectivity index (χ0n) is 10.3. The summed E-state index contributed by atoms with van der Waals surface area (Å²) in [6.45, 7) is 3.73. The van der Waals surface area contributed by atoms with Crippen molar-refractivity contribution in [2.75, 3.05) is 0 Å². The van der Waals surface area contributed by atoms with Gasteiger partial charge >= 0.3 is 0 Å². The van der Waals surface area contributed by atoms with Gasteiger partial charge in [-0.1, -0.05) is 25.2 Å². The number of carbonyl (C=O) groups excluding carboxylic acids is 1. The van der Waals surface area contributed by atoms with Crippen molar-refractivity contribution in [1.29, 1.82) is 0 Å². The quantitative estimate of drug-likeness (QED) is 0.707. The minimum absolute atomic E-state index is 0.0629. The van der Waals surface area contributed by atoms with Gasteiger partial charge < -0.3 is 5.32 Å². The molecule has 3 heteroatoms. The van der Waals surface area contributed by atoms with Crippen molar-refractivity contribution in [3.8, 4) is 12.3 Å². The van der Waals surface area contributed by atoms with Gasteiger partial charge in [-0.2, -0.15) is 0 Å². The number of hydrogen-bond acceptors (Lipinski definition) is 2. The first-order valence-electron chi connectivity index (χ1n) is 6.16. The first kappa shape index (κ1) is 13.1. The third-order valence-electron chi connectivity index (χ3n) is 3.09. The highest BCUT2D eigenvalue weighted by atomic mass is 16.2. The monoisotopic (exact) mass is 222 g/mol. The summed E-state index contributed by atoms with van der Waals surface area (Å²) in [5, 5.41) is 6.15. The van der Waals surface area contributed by atoms with E-state index in [1.165, 1.54) is 19.3 Å². The Bertz CT molecular complexity index is 264. The van der Waals surface area contributed by atoms with Crippen LogP contribution in [0.5, 0.6) is 0 Å². The van der Waals surface area contributed by atoms with Crippen molar-refractivity contribution in [3.05, 3.63) is 0 Å². The molecule has 2 atom stereocenters. The summed E-state index contributed by atoms with van der Waals surface area (Å²) in [4.78, 5) is 11.8. The summed E-state index contributed by atoms with van der Waals surface area (Å²) in [5.74, 6) is 2.63. The molecule has 1 aliphatic rings. The lowest BCUT2D eigenvalue weighted by molar-refractivity contribution is -0.123. The lowest BCUT2D eigenvalue weighted by Gasteiger charge is -2.25. The molecule has 0 aromatic rings. The lowest BCUT2D eigenvalue weighted by atomic mass is 9.95. The molecule has 0 radical (unpaired) electrons. The predicted octanol–water partition coefficient (Wildman–Crippen LogP) is 1.44. The normalized spacial score (nSPS) is 20.8. The van der Waals surface area contributed by atoms with E-state index in [0.29, 0.717) is 6.04 Å². The smallest absolute Gasteiger partial charge is 0.237 e. The SMILES string of the molecule is C#CC(C)NC(C)C(=O)NC1CCCCC1. The van der Waals surface area contributed by atoms with Crippen LogP contribution in [0, 0.1) is 12.3 Å². The second-order valence-corrected chi connectivity index (χ2v) is 4.62. The molecule has 2 N–H and O–H groups in total. The van der Waals surface area contributed by atoms with E-state index in [-0.39, 0.29) is 18.0 Å². The molecule has 1 saturated carbocycles. The Morgan fingerprint density at radius 2 is 1.94 bits per heavy atom. The Kier molecular flexibility index (Phi) is 5.34. The van der Waals surface area contributed by atoms with Crippen LogP contribution in [-0.4, -0.2) is 24.0 Å². The average Bonchev–Trinajstić information content (AvgIpc) is 2.30. The van der Waals surface area contributed by atoms with Gasteiger partial charge in [0, 0.05) is 6.04 Å². The summed E-state index contributed by atoms with van der Waals surface area (Å²) in [6, 6.07) is 0.0896. The van der Waals surface area contributed by atoms with Crippen LogP contribution in [0.15, 0.2) is 0 Å². The summed E-state index contributed by atoms with van der Waals surface area (Å²) in [7, 11) is 0. The fourth-order valence-corrected chi connectivity index (χ4v) is 2.07. The van der Waals surface area contributed by atoms with Crippen molar-refractivity contribution in [2.45, 2.75) is 64.1 Å². The molecule has 0 aliphatic heterocycles. The molecule has 1 fully saturated rings. The van der Waals surface area contributed by atoms with Crippen LogP contribution < -0.4 is 10.6 Å². The van der Waals surface area contributed by atoms with Gasteiger partial charge in [0.2, 0.25) is 5.91 Å². The molecule has 0 bridgehead atoms. The molecule has 0 spiro atoms. The maximum absolute atomic E-state index is 11.8. The number of rotatable bonds is 4. The van der Waals surface area contributed by atoms with Gasteiger partial charge in [-0.3, -0.25) is 10.1 Å². The molecule has 1 aliphatic carbocycles. The van der Waals surface area contributed by atoms with Crippen molar-refractivity contribution >= 4 is 5.91 Å². The molecule has 0 heterocycles. The Morgan fingerprint density at radius 3 is 2.50 bits per heavy atom. The van der Waals surface area contributed by atoms with Gasteiger partial charge in [-0.05, 0) is 26.7 Å². The molecular formula is C13H22N2O. The largest absolute Gasteiger partial charge is 0.352 e. The zero-order valence-corrected chi connectivity index (χ0v) is 10.3. The topological polar surface area (TPSA) is 41.1 Å². The van der Waals surface area contributed by atoms with Crippen molar-refractivity contribution < 1.29 is 4.79 Å². The first-order chi connectivity index (χ1) is 7.63. The molecule has 0 saturated heterocycles. The molecule has 1 amide bonds. The van der Waals surface area contributed by atoms with E-state index in [0.717, 1.165) is 12.8 Å². The fourth-order valence-electron chi connectivity index (χ4n) is 2.07. The van der Waals surface area contributed by atoms with E-state index in [1.807, 2.05) is 13.8 Å². The molecule has 1 rings (SSSR count). The Hall–Kier alpha value is -1.01. The number of hydrogen-bond donors (Lipinski definition) is 2. The van der Waals surface area contributed by atoms with Crippen molar-refractivity contribution in [2.24, 2.45) is 0 Å². The number of terminal acetylenes is 1. The zero-order chi connectivity index (χ0) is 12.0. The molecule has 0 aromatic heterocycles. The van der Waals surface area contributed by atoms with Gasteiger partial charge in [-0.25, -0.2) is 0 Å². The standard InChI is InChI=1S/C13H22N2O/c1-4-10(2)14-11(3)13(16)15-12-8-6-5-7-9-12/h1,10-12,14H,5-9H2,2-3H3,(H,15,16). The summed E-state index contributed by atoms with van der Waals surface area (Å²) < 4.78 is 0. The highest BCUT2D eigenvalue weighted by Gasteiger charge is 2.19. The van der Waals surface area contributed by atoms with Crippen LogP contribution in [0.2, 0.25) is 0 Å². The fraction of sp³-hybridized carbons (Fsp3) is 0.769. The van der Waals surface area contributed by atoms with Gasteiger partial charge in [0.25, 0.3) is 0 Å². The first-order valence-corrected chi connectivity index (χ1v) is 6.16. The van der Waals surface area contributed by atoms with E-state index in [2.05, 4.69) is 16.6 Å². The van der Waals surface area contributed by atoms with E-state index in [9.17, 15) is 4.79 Å². The molecule has 3 nitrogen and oxygen atoms in total. The van der Waals surface area contributed by atoms with Crippen LogP contribution in [-0.2, 0) is 4.79 Å². The Morgan fingerprint density at radius 1 is 1.31 bits per heavy atom. The van der Waals surface area contributed by atoms with Gasteiger partial charge in [-0.15, -0.1) is 6.42 Å². The maximum atomic E-state index is 11.8. The van der Waals surface area contributed by atoms with Crippen LogP contribution in [0.25, 0.3) is 0 Å². The molecular weight excluding hydrogens is 200 g/mol. The van der Waals surface area contributed by atoms with Gasteiger partial charge in [0.1, 0.15) is 0 Å². The maximum Gasteiger partial charge on any atom is 0.237 e. The van der Waals surface area contributed by atoms with E-state index >= 15 is 0 Å². The van der Waals surface area contributed by atoms with Crippen LogP contribution in [0.3, 0.4) is 0 Å². The van der Waals surface area contributed by atoms with E-state index in [4.69, 9.17) is 6.42 Å². The minimum atomic E-state index is -0.215. The summed E-state index contributed by atoms with van der Waals surface area (Å²) in [5.41, 5.74) is 0. The Balaban J connectivity index is 2.30. The van der Waals surface area contributed by atoms with E-state index in [1.54, 1.807) is 0 Å². The third kappa shape index (κ3) is 4.24. The third-order valence-corrected chi connectivity index (χ3v) is 3.09. The average molecular weight is 222 g/mol. The highest BCUT2D eigenvalue weighted by Crippen LogP contribution is 2.17. The predicted molar refractivity (Wildman–Crippen MR) is 65.9 cm³/mol. The van der Waals surface area contributed by atoms with Crippen LogP contribution in [0.4, 0.5) is 0 Å². The van der Waals surface area contributed by atoms with Crippen molar-refractivity contribution in [3.63, 3.8) is 0 Å². The summed E-state index contributed by atoms with van der Waals surface area (Å²) >= 11 is 0. The van der Waals surface area contributed by atoms with E-state index < -0.39 is 0 Å². The van der Waals surface area contributed by atoms with Crippen LogP contribution >= 0.6 is 0 Å². The summed E-state index contributed by atoms with van der Waals surface area (Å²) in [6.07, 6.45) is 11.2. The lowest BCUT2D eigenvalue weighted by Crippen LogP contribution is -2.48. The van der Waals surface area contributed by atoms with Gasteiger partial charge in [0.05, 0.1) is 12.1 Å². The second kappa shape index (κ2) is 6.55. The molecule has 16 heavy (non-hydrogen) atoms. The van der Waals surface area contributed by atoms with Crippen LogP contribution in [0.1, 0.15) is 46.0 Å². The molecule has 90 valence electrons. The Labute approximate surface area is 98.4 Å². The number of nitrogens with one attached hydrogen (secondary N) is 2. The number of carbonyl (C=O) groups is 1. The minimum Gasteiger partial charge on any atom is -0.352 e. The van der Waals surface area contributed by atoms with Gasteiger partial charge in [0.15, 0.2) is 0 Å².